The lowest BCUT2D eigenvalue weighted by Gasteiger charge is -2.08. The summed E-state index contributed by atoms with van der Waals surface area (Å²) in [6.45, 7) is 7.78. The summed E-state index contributed by atoms with van der Waals surface area (Å²) in [5, 5.41) is 12.7. The van der Waals surface area contributed by atoms with Crippen molar-refractivity contribution in [3.8, 4) is 5.75 Å². The van der Waals surface area contributed by atoms with Gasteiger partial charge in [-0.25, -0.2) is 0 Å². The number of rotatable bonds is 26. The maximum Gasteiger partial charge on any atom is 0.139 e. The Bertz CT molecular complexity index is 1520. The Morgan fingerprint density at radius 3 is 1.48 bits per heavy atom. The van der Waals surface area contributed by atoms with Crippen LogP contribution in [-0.4, -0.2) is 118 Å². The first-order valence-corrected chi connectivity index (χ1v) is 16.3. The number of furan rings is 2. The van der Waals surface area contributed by atoms with Crippen LogP contribution >= 0.6 is 0 Å². The van der Waals surface area contributed by atoms with Gasteiger partial charge >= 0.3 is 0 Å². The van der Waals surface area contributed by atoms with Gasteiger partial charge in [0.05, 0.1) is 106 Å². The van der Waals surface area contributed by atoms with Crippen molar-refractivity contribution in [1.29, 1.82) is 0 Å². The van der Waals surface area contributed by atoms with Crippen molar-refractivity contribution in [2.75, 3.05) is 113 Å². The predicted molar refractivity (Wildman–Crippen MR) is 180 cm³/mol. The summed E-state index contributed by atoms with van der Waals surface area (Å²) < 4.78 is 61.6. The Morgan fingerprint density at radius 2 is 0.917 bits per heavy atom. The number of aliphatic hydroxyl groups excluding tert-OH is 1. The Hall–Kier alpha value is -3.30. The molecule has 3 aromatic carbocycles. The second-order valence-electron chi connectivity index (χ2n) is 10.8. The van der Waals surface area contributed by atoms with Gasteiger partial charge in [0, 0.05) is 34.7 Å². The van der Waals surface area contributed by atoms with E-state index in [-0.39, 0.29) is 6.61 Å². The fourth-order valence-electron chi connectivity index (χ4n) is 5.07. The zero-order chi connectivity index (χ0) is 33.2. The fraction of sp³-hybridized carbons (Fsp3) is 0.500. The Labute approximate surface area is 279 Å². The molecular formula is C36H46O12. The molecule has 0 aliphatic rings. The zero-order valence-electron chi connectivity index (χ0n) is 27.6. The summed E-state index contributed by atoms with van der Waals surface area (Å²) >= 11 is 0. The molecule has 0 spiro atoms. The van der Waals surface area contributed by atoms with E-state index >= 15 is 0 Å². The van der Waals surface area contributed by atoms with Crippen molar-refractivity contribution in [1.82, 2.24) is 0 Å². The van der Waals surface area contributed by atoms with Crippen molar-refractivity contribution < 1.29 is 56.6 Å². The number of methoxy groups -OCH3 is 1. The monoisotopic (exact) mass is 670 g/mol. The largest absolute Gasteiger partial charge is 0.491 e. The fourth-order valence-corrected chi connectivity index (χ4v) is 5.07. The molecule has 2 heterocycles. The van der Waals surface area contributed by atoms with Crippen LogP contribution in [-0.2, 0) is 44.5 Å². The molecule has 0 aliphatic carbocycles. The summed E-state index contributed by atoms with van der Waals surface area (Å²) in [5.41, 5.74) is 4.16. The van der Waals surface area contributed by atoms with Crippen molar-refractivity contribution in [3.63, 3.8) is 0 Å². The zero-order valence-corrected chi connectivity index (χ0v) is 27.6. The van der Waals surface area contributed by atoms with E-state index in [1.165, 1.54) is 0 Å². The predicted octanol–water partition coefficient (Wildman–Crippen LogP) is 5.12. The van der Waals surface area contributed by atoms with Gasteiger partial charge in [0.2, 0.25) is 0 Å². The van der Waals surface area contributed by atoms with Crippen LogP contribution in [0.1, 0.15) is 5.56 Å². The lowest BCUT2D eigenvalue weighted by atomic mass is 10.1. The van der Waals surface area contributed by atoms with Crippen LogP contribution in [0.4, 0.5) is 0 Å². The maximum atomic E-state index is 8.66. The molecule has 12 heteroatoms. The second kappa shape index (κ2) is 20.3. The Kier molecular flexibility index (Phi) is 15.2. The number of aliphatic hydroxyl groups is 1. The van der Waals surface area contributed by atoms with E-state index in [1.807, 2.05) is 36.4 Å². The van der Waals surface area contributed by atoms with E-state index in [4.69, 9.17) is 56.6 Å². The van der Waals surface area contributed by atoms with Gasteiger partial charge in [0.1, 0.15) is 34.7 Å². The standard InChI is InChI=1S/C36H46O12/c1-38-8-9-40-12-13-42-16-17-44-20-21-46-28-3-5-30-32-25-35-31(24-36(32)48-34(30)23-28)29-4-2-27(22-33(29)47-35)26-45-19-18-43-15-14-41-11-10-39-7-6-37/h2-5,22-25,37H,6-21,26H2,1H3. The average Bonchev–Trinajstić information content (AvgIpc) is 3.64. The molecule has 0 saturated carbocycles. The molecule has 5 aromatic rings. The molecule has 262 valence electrons. The maximum absolute atomic E-state index is 8.66. The van der Waals surface area contributed by atoms with Crippen LogP contribution in [0.2, 0.25) is 0 Å². The highest BCUT2D eigenvalue weighted by Gasteiger charge is 2.14. The average molecular weight is 671 g/mol. The first-order chi connectivity index (χ1) is 23.8. The van der Waals surface area contributed by atoms with Crippen LogP contribution in [0.3, 0.4) is 0 Å². The summed E-state index contributed by atoms with van der Waals surface area (Å²) in [7, 11) is 1.65. The highest BCUT2D eigenvalue weighted by Crippen LogP contribution is 2.37. The van der Waals surface area contributed by atoms with Crippen molar-refractivity contribution in [2.24, 2.45) is 0 Å². The van der Waals surface area contributed by atoms with Crippen LogP contribution < -0.4 is 4.74 Å². The summed E-state index contributed by atoms with van der Waals surface area (Å²) in [6, 6.07) is 16.1. The van der Waals surface area contributed by atoms with Gasteiger partial charge in [-0.05, 0) is 35.9 Å². The first kappa shape index (κ1) is 36.0. The lowest BCUT2D eigenvalue weighted by Crippen LogP contribution is -2.13. The van der Waals surface area contributed by atoms with Crippen LogP contribution in [0, 0.1) is 0 Å². The summed E-state index contributed by atoms with van der Waals surface area (Å²) in [5.74, 6) is 0.718. The molecule has 5 rings (SSSR count). The molecular weight excluding hydrogens is 624 g/mol. The van der Waals surface area contributed by atoms with Gasteiger partial charge < -0.3 is 56.6 Å². The Balaban J connectivity index is 1.04. The third-order valence-corrected chi connectivity index (χ3v) is 7.39. The van der Waals surface area contributed by atoms with Crippen LogP contribution in [0.15, 0.2) is 57.4 Å². The van der Waals surface area contributed by atoms with Gasteiger partial charge in [0.25, 0.3) is 0 Å². The van der Waals surface area contributed by atoms with Crippen molar-refractivity contribution >= 4 is 43.9 Å². The highest BCUT2D eigenvalue weighted by atomic mass is 16.6. The number of hydrogen-bond donors (Lipinski definition) is 1. The minimum Gasteiger partial charge on any atom is -0.491 e. The number of benzene rings is 3. The molecule has 12 nitrogen and oxygen atoms in total. The molecule has 0 aliphatic heterocycles. The molecule has 0 saturated heterocycles. The number of hydrogen-bond acceptors (Lipinski definition) is 12. The highest BCUT2D eigenvalue weighted by molar-refractivity contribution is 6.14. The molecule has 0 atom stereocenters. The molecule has 0 fully saturated rings. The van der Waals surface area contributed by atoms with E-state index in [0.717, 1.165) is 55.2 Å². The van der Waals surface area contributed by atoms with Gasteiger partial charge in [-0.3, -0.25) is 0 Å². The van der Waals surface area contributed by atoms with E-state index in [2.05, 4.69) is 12.1 Å². The van der Waals surface area contributed by atoms with Gasteiger partial charge in [-0.2, -0.15) is 0 Å². The molecule has 0 unspecified atom stereocenters. The summed E-state index contributed by atoms with van der Waals surface area (Å²) in [6.07, 6.45) is 0. The second-order valence-corrected chi connectivity index (χ2v) is 10.8. The molecule has 2 aromatic heterocycles. The van der Waals surface area contributed by atoms with Crippen LogP contribution in [0.25, 0.3) is 43.9 Å². The quantitative estimate of drug-likeness (QED) is 0.0784. The molecule has 0 radical (unpaired) electrons. The molecule has 48 heavy (non-hydrogen) atoms. The SMILES string of the molecule is COCCOCCOCCOCCOc1ccc2c(c1)oc1cc3c(cc12)oc1cc(COCCOCCOCCOCCO)ccc13. The van der Waals surface area contributed by atoms with E-state index in [9.17, 15) is 0 Å². The minimum atomic E-state index is 0.0188. The summed E-state index contributed by atoms with van der Waals surface area (Å²) in [4.78, 5) is 0. The molecule has 0 amide bonds. The van der Waals surface area contributed by atoms with Crippen molar-refractivity contribution in [2.45, 2.75) is 6.61 Å². The van der Waals surface area contributed by atoms with Gasteiger partial charge in [-0.1, -0.05) is 12.1 Å². The number of fused-ring (bicyclic) bond motifs is 6. The first-order valence-electron chi connectivity index (χ1n) is 16.3. The third-order valence-electron chi connectivity index (χ3n) is 7.39. The van der Waals surface area contributed by atoms with E-state index < -0.39 is 0 Å². The molecule has 0 bridgehead atoms. The minimum absolute atomic E-state index is 0.0188. The van der Waals surface area contributed by atoms with Gasteiger partial charge in [0.15, 0.2) is 0 Å². The van der Waals surface area contributed by atoms with Crippen LogP contribution in [0.5, 0.6) is 5.75 Å². The van der Waals surface area contributed by atoms with E-state index in [0.29, 0.717) is 106 Å². The smallest absolute Gasteiger partial charge is 0.139 e. The third kappa shape index (κ3) is 10.9. The number of ether oxygens (including phenoxy) is 9. The van der Waals surface area contributed by atoms with E-state index in [1.54, 1.807) is 7.11 Å². The Morgan fingerprint density at radius 1 is 0.458 bits per heavy atom. The van der Waals surface area contributed by atoms with Gasteiger partial charge in [-0.15, -0.1) is 0 Å². The topological polar surface area (TPSA) is 130 Å². The normalized spacial score (nSPS) is 12.0. The molecule has 1 N–H and O–H groups in total. The van der Waals surface area contributed by atoms with Crippen molar-refractivity contribution in [3.05, 3.63) is 54.1 Å². The lowest BCUT2D eigenvalue weighted by molar-refractivity contribution is -0.00742.